The van der Waals surface area contributed by atoms with Crippen molar-refractivity contribution < 1.29 is 33.6 Å². The fraction of sp³-hybridized carbons (Fsp3) is 0. The van der Waals surface area contributed by atoms with E-state index in [0.29, 0.717) is 22.3 Å². The third kappa shape index (κ3) is 9.14. The second-order valence-corrected chi connectivity index (χ2v) is 10.0. The fourth-order valence-corrected chi connectivity index (χ4v) is 4.19. The first kappa shape index (κ1) is 33.1. The van der Waals surface area contributed by atoms with Crippen LogP contribution >= 0.6 is 0 Å². The Bertz CT molecular complexity index is 2050. The smallest absolute Gasteiger partial charge is 0.350 e. The summed E-state index contributed by atoms with van der Waals surface area (Å²) in [4.78, 5) is 60.8. The normalized spacial score (nSPS) is 10.8. The molecule has 2 N–H and O–H groups in total. The van der Waals surface area contributed by atoms with Crippen LogP contribution < -0.4 is 20.3 Å². The van der Waals surface area contributed by atoms with E-state index in [1.54, 1.807) is 84.9 Å². The summed E-state index contributed by atoms with van der Waals surface area (Å²) in [7, 11) is 0. The number of hydrazone groups is 2. The minimum Gasteiger partial charge on any atom is -0.423 e. The van der Waals surface area contributed by atoms with E-state index in [1.807, 2.05) is 0 Å². The molecule has 242 valence electrons. The van der Waals surface area contributed by atoms with Crippen LogP contribution in [0, 0.1) is 10.1 Å². The first-order valence-electron chi connectivity index (χ1n) is 14.5. The second kappa shape index (κ2) is 15.8. The van der Waals surface area contributed by atoms with Crippen LogP contribution in [0.1, 0.15) is 52.6 Å². The molecule has 0 radical (unpaired) electrons. The third-order valence-electron chi connectivity index (χ3n) is 6.66. The van der Waals surface area contributed by atoms with Gasteiger partial charge >= 0.3 is 11.9 Å². The molecule has 0 heterocycles. The van der Waals surface area contributed by atoms with Crippen LogP contribution in [0.3, 0.4) is 0 Å². The quantitative estimate of drug-likeness (QED) is 0.0610. The Morgan fingerprint density at radius 2 is 1.02 bits per heavy atom. The Kier molecular flexibility index (Phi) is 10.7. The number of benzene rings is 5. The van der Waals surface area contributed by atoms with Crippen molar-refractivity contribution in [2.75, 3.05) is 0 Å². The number of nitrogens with one attached hydrogen (secondary N) is 2. The van der Waals surface area contributed by atoms with Gasteiger partial charge in [-0.25, -0.2) is 20.4 Å². The zero-order valence-corrected chi connectivity index (χ0v) is 25.4. The number of nitro benzene ring substituents is 1. The number of esters is 2. The Balaban J connectivity index is 1.16. The van der Waals surface area contributed by atoms with Gasteiger partial charge in [-0.2, -0.15) is 10.2 Å². The molecule has 2 amide bonds. The van der Waals surface area contributed by atoms with Crippen LogP contribution in [0.5, 0.6) is 11.5 Å². The van der Waals surface area contributed by atoms with E-state index in [9.17, 15) is 29.3 Å². The predicted molar refractivity (Wildman–Crippen MR) is 179 cm³/mol. The number of hydrogen-bond acceptors (Lipinski definition) is 10. The molecule has 13 heteroatoms. The number of carbonyl (C=O) groups is 4. The molecule has 13 nitrogen and oxygen atoms in total. The summed E-state index contributed by atoms with van der Waals surface area (Å²) in [5.74, 6) is -2.42. The van der Waals surface area contributed by atoms with Gasteiger partial charge in [0.05, 0.1) is 22.9 Å². The van der Waals surface area contributed by atoms with Crippen molar-refractivity contribution in [2.45, 2.75) is 0 Å². The van der Waals surface area contributed by atoms with Gasteiger partial charge in [-0.15, -0.1) is 0 Å². The molecule has 5 aromatic rings. The largest absolute Gasteiger partial charge is 0.423 e. The monoisotopic (exact) mass is 655 g/mol. The highest BCUT2D eigenvalue weighted by molar-refractivity contribution is 5.99. The van der Waals surface area contributed by atoms with E-state index in [2.05, 4.69) is 21.1 Å². The number of rotatable bonds is 11. The number of amides is 2. The molecule has 0 bridgehead atoms. The lowest BCUT2D eigenvalue weighted by molar-refractivity contribution is -0.385. The number of hydrogen-bond donors (Lipinski definition) is 2. The Morgan fingerprint density at radius 1 is 0.571 bits per heavy atom. The maximum absolute atomic E-state index is 12.8. The molecule has 0 saturated carbocycles. The summed E-state index contributed by atoms with van der Waals surface area (Å²) in [5.41, 5.74) is 5.70. The Morgan fingerprint density at radius 3 is 1.47 bits per heavy atom. The van der Waals surface area contributed by atoms with E-state index in [0.717, 1.165) is 12.1 Å². The van der Waals surface area contributed by atoms with Crippen LogP contribution in [0.25, 0.3) is 0 Å². The minimum absolute atomic E-state index is 0.0975. The van der Waals surface area contributed by atoms with Gasteiger partial charge in [-0.3, -0.25) is 19.7 Å². The van der Waals surface area contributed by atoms with Crippen LogP contribution in [-0.4, -0.2) is 41.1 Å². The first-order valence-corrected chi connectivity index (χ1v) is 14.5. The van der Waals surface area contributed by atoms with Crippen molar-refractivity contribution in [2.24, 2.45) is 10.2 Å². The van der Waals surface area contributed by atoms with Gasteiger partial charge < -0.3 is 9.47 Å². The van der Waals surface area contributed by atoms with Gasteiger partial charge in [0, 0.05) is 17.2 Å². The van der Waals surface area contributed by atoms with Gasteiger partial charge in [0.15, 0.2) is 0 Å². The van der Waals surface area contributed by atoms with E-state index < -0.39 is 22.5 Å². The molecule has 0 saturated heterocycles. The molecule has 0 spiro atoms. The van der Waals surface area contributed by atoms with Crippen LogP contribution in [0.2, 0.25) is 0 Å². The lowest BCUT2D eigenvalue weighted by Crippen LogP contribution is -2.17. The van der Waals surface area contributed by atoms with Gasteiger partial charge in [-0.1, -0.05) is 36.4 Å². The first-order chi connectivity index (χ1) is 23.8. The Labute approximate surface area is 278 Å². The van der Waals surface area contributed by atoms with Crippen LogP contribution in [0.4, 0.5) is 5.69 Å². The molecule has 0 unspecified atom stereocenters. The van der Waals surface area contributed by atoms with Crippen LogP contribution in [-0.2, 0) is 0 Å². The molecule has 5 rings (SSSR count). The van der Waals surface area contributed by atoms with Crippen molar-refractivity contribution >= 4 is 41.9 Å². The zero-order chi connectivity index (χ0) is 34.6. The molecule has 49 heavy (non-hydrogen) atoms. The summed E-state index contributed by atoms with van der Waals surface area (Å²) in [6.45, 7) is 0. The summed E-state index contributed by atoms with van der Waals surface area (Å²) in [6, 6.07) is 32.5. The zero-order valence-electron chi connectivity index (χ0n) is 25.4. The molecular formula is C36H25N5O8. The molecule has 0 aliphatic heterocycles. The summed E-state index contributed by atoms with van der Waals surface area (Å²) >= 11 is 0. The van der Waals surface area contributed by atoms with Crippen molar-refractivity contribution in [1.82, 2.24) is 10.9 Å². The van der Waals surface area contributed by atoms with Crippen molar-refractivity contribution in [3.8, 4) is 11.5 Å². The predicted octanol–water partition coefficient (Wildman–Crippen LogP) is 5.56. The molecule has 0 fully saturated rings. The third-order valence-corrected chi connectivity index (χ3v) is 6.66. The lowest BCUT2D eigenvalue weighted by atomic mass is 10.1. The highest BCUT2D eigenvalue weighted by atomic mass is 16.6. The number of nitro groups is 1. The Hall–Kier alpha value is -7.28. The fourth-order valence-electron chi connectivity index (χ4n) is 4.19. The standard InChI is InChI=1S/C36H25N5O8/c42-33(26-7-3-1-4-8-26)39-37-22-24-11-16-29(17-12-24)48-35(44)28-15-20-31(32(21-28)41(46)47)36(45)49-30-18-13-25(14-19-30)23-38-40-34(43)27-9-5-2-6-10-27/h1-23H,(H,39,42)(H,40,43)/b37-22+,38-23+. The molecule has 0 aromatic heterocycles. The maximum atomic E-state index is 12.8. The molecule has 5 aromatic carbocycles. The van der Waals surface area contributed by atoms with Crippen LogP contribution in [0.15, 0.2) is 138 Å². The van der Waals surface area contributed by atoms with E-state index >= 15 is 0 Å². The second-order valence-electron chi connectivity index (χ2n) is 10.0. The summed E-state index contributed by atoms with van der Waals surface area (Å²) in [5, 5.41) is 19.6. The van der Waals surface area contributed by atoms with Gasteiger partial charge in [0.1, 0.15) is 17.1 Å². The molecular weight excluding hydrogens is 630 g/mol. The summed E-state index contributed by atoms with van der Waals surface area (Å²) < 4.78 is 10.6. The van der Waals surface area contributed by atoms with Gasteiger partial charge in [0.2, 0.25) is 0 Å². The number of nitrogens with zero attached hydrogens (tertiary/aromatic N) is 3. The molecule has 0 aliphatic carbocycles. The average molecular weight is 656 g/mol. The van der Waals surface area contributed by atoms with Gasteiger partial charge in [0.25, 0.3) is 17.5 Å². The summed E-state index contributed by atoms with van der Waals surface area (Å²) in [6.07, 6.45) is 2.80. The average Bonchev–Trinajstić information content (AvgIpc) is 3.13. The van der Waals surface area contributed by atoms with Crippen molar-refractivity contribution in [3.05, 3.63) is 171 Å². The van der Waals surface area contributed by atoms with Crippen molar-refractivity contribution in [3.63, 3.8) is 0 Å². The highest BCUT2D eigenvalue weighted by Gasteiger charge is 2.25. The van der Waals surface area contributed by atoms with E-state index in [-0.39, 0.29) is 34.4 Å². The number of ether oxygens (including phenoxy) is 2. The molecule has 0 atom stereocenters. The topological polar surface area (TPSA) is 179 Å². The van der Waals surface area contributed by atoms with E-state index in [4.69, 9.17) is 9.47 Å². The lowest BCUT2D eigenvalue weighted by Gasteiger charge is -2.08. The maximum Gasteiger partial charge on any atom is 0.350 e. The minimum atomic E-state index is -1.01. The van der Waals surface area contributed by atoms with Crippen molar-refractivity contribution in [1.29, 1.82) is 0 Å². The van der Waals surface area contributed by atoms with Gasteiger partial charge in [-0.05, 0) is 96.1 Å². The van der Waals surface area contributed by atoms with E-state index in [1.165, 1.54) is 42.8 Å². The SMILES string of the molecule is O=C(N/N=C/c1ccc(OC(=O)c2ccc(C(=O)Oc3ccc(/C=N/NC(=O)c4ccccc4)cc3)c([N+](=O)[O-])c2)cc1)c1ccccc1. The highest BCUT2D eigenvalue weighted by Crippen LogP contribution is 2.24. The number of carbonyl (C=O) groups excluding carboxylic acids is 4. The molecule has 0 aliphatic rings.